The van der Waals surface area contributed by atoms with Gasteiger partial charge in [0.25, 0.3) is 0 Å². The number of cyclic esters (lactones) is 1. The number of carbonyl (C=O) groups excluding carboxylic acids is 5. The molecule has 3 aromatic rings. The Kier molecular flexibility index (Phi) is 23.6. The van der Waals surface area contributed by atoms with Gasteiger partial charge in [-0.2, -0.15) is 0 Å². The third-order valence-corrected chi connectivity index (χ3v) is 17.2. The minimum absolute atomic E-state index is 0. The van der Waals surface area contributed by atoms with Crippen LogP contribution in [0.3, 0.4) is 0 Å². The number of methoxy groups -OCH3 is 1. The molecule has 12 atom stereocenters. The fraction of sp³-hybridized carbons (Fsp3) is 0.554. The van der Waals surface area contributed by atoms with Gasteiger partial charge in [0.2, 0.25) is 11.8 Å². The van der Waals surface area contributed by atoms with Crippen molar-refractivity contribution in [3.8, 4) is 11.1 Å². The van der Waals surface area contributed by atoms with E-state index in [2.05, 4.69) is 35.1 Å². The van der Waals surface area contributed by atoms with Crippen molar-refractivity contribution >= 4 is 35.7 Å². The van der Waals surface area contributed by atoms with E-state index in [-0.39, 0.29) is 72.8 Å². The van der Waals surface area contributed by atoms with Crippen molar-refractivity contribution in [1.29, 1.82) is 0 Å². The van der Waals surface area contributed by atoms with Crippen LogP contribution in [-0.4, -0.2) is 162 Å². The summed E-state index contributed by atoms with van der Waals surface area (Å²) in [5.41, 5.74) is 4.41. The smallest absolute Gasteiger partial charge is 0.410 e. The van der Waals surface area contributed by atoms with Gasteiger partial charge in [-0.05, 0) is 98.9 Å². The zero-order valence-electron chi connectivity index (χ0n) is 50.7. The van der Waals surface area contributed by atoms with Crippen molar-refractivity contribution in [1.82, 2.24) is 15.5 Å². The summed E-state index contributed by atoms with van der Waals surface area (Å²) in [5, 5.41) is 40.8. The number of allylic oxidation sites excluding steroid dienone is 2. The lowest BCUT2D eigenvalue weighted by Crippen LogP contribution is -3.00. The van der Waals surface area contributed by atoms with Gasteiger partial charge in [0.05, 0.1) is 69.7 Å². The molecule has 0 bridgehead atoms. The zero-order chi connectivity index (χ0) is 60.4. The van der Waals surface area contributed by atoms with Crippen molar-refractivity contribution in [2.45, 2.75) is 167 Å². The van der Waals surface area contributed by atoms with Crippen molar-refractivity contribution in [3.63, 3.8) is 0 Å². The predicted octanol–water partition coefficient (Wildman–Crippen LogP) is 5.34. The van der Waals surface area contributed by atoms with Crippen LogP contribution in [0.1, 0.15) is 117 Å². The number of likely N-dealkylation sites (N-methyl/N-ethyl adjacent to an activating group) is 1. The van der Waals surface area contributed by atoms with Gasteiger partial charge in [-0.1, -0.05) is 120 Å². The molecule has 0 saturated carbocycles. The maximum absolute atomic E-state index is 14.1. The molecular formula is C65H90BrN5O13. The Morgan fingerprint density at radius 1 is 0.940 bits per heavy atom. The summed E-state index contributed by atoms with van der Waals surface area (Å²) >= 11 is 0. The molecule has 0 radical (unpaired) electrons. The van der Waals surface area contributed by atoms with Gasteiger partial charge in [-0.15, -0.1) is 0 Å². The Balaban J connectivity index is 0.0000113. The van der Waals surface area contributed by atoms with Gasteiger partial charge in [0.15, 0.2) is 6.10 Å². The summed E-state index contributed by atoms with van der Waals surface area (Å²) in [6.45, 7) is 19.2. The summed E-state index contributed by atoms with van der Waals surface area (Å²) in [7, 11) is 3.68. The van der Waals surface area contributed by atoms with Crippen molar-refractivity contribution in [2.24, 2.45) is 17.8 Å². The normalized spacial score (nSPS) is 26.0. The molecule has 3 aromatic carbocycles. The number of aliphatic hydroxyl groups is 3. The molecule has 4 amide bonds. The van der Waals surface area contributed by atoms with E-state index in [0.29, 0.717) is 61.3 Å². The molecule has 0 spiro atoms. The number of ether oxygens (including phenoxy) is 5. The molecule has 19 heteroatoms. The van der Waals surface area contributed by atoms with Crippen LogP contribution in [-0.2, 0) is 44.6 Å². The van der Waals surface area contributed by atoms with E-state index >= 15 is 0 Å². The SMILES string of the molecule is CCC(O)C(C)[C@@H]1O[C@H]1CC(C)(O)/C=C/C=C(\C)[C@H]1OC(=O)C[C@H](O)CC[C@@](C)(OC)[C@@H](OC(=O)N2CC[N+](C)(Cc3ccc(NC(=O)C(C)NC(=O)C(NC(=O)OCC4c5ccccc5-c5ccccc54)C(C)C)cc3)CC2)/C=C/[C@@H]1C.[Br-]. The highest BCUT2D eigenvalue weighted by Gasteiger charge is 2.47. The summed E-state index contributed by atoms with van der Waals surface area (Å²) in [6, 6.07) is 21.8. The molecule has 4 aliphatic rings. The highest BCUT2D eigenvalue weighted by Crippen LogP contribution is 2.45. The number of nitrogens with zero attached hydrogens (tertiary/aromatic N) is 2. The minimum Gasteiger partial charge on any atom is -1.00 e. The largest absolute Gasteiger partial charge is 1.00 e. The van der Waals surface area contributed by atoms with E-state index in [1.54, 1.807) is 43.1 Å². The van der Waals surface area contributed by atoms with Crippen LogP contribution in [0.15, 0.2) is 109 Å². The second kappa shape index (κ2) is 29.4. The first-order chi connectivity index (χ1) is 39.3. The molecule has 460 valence electrons. The van der Waals surface area contributed by atoms with Gasteiger partial charge >= 0.3 is 18.2 Å². The minimum atomic E-state index is -1.20. The molecule has 7 rings (SSSR count). The molecule has 3 heterocycles. The molecule has 84 heavy (non-hydrogen) atoms. The quantitative estimate of drug-likeness (QED) is 0.0210. The highest BCUT2D eigenvalue weighted by atomic mass is 79.9. The van der Waals surface area contributed by atoms with Crippen molar-refractivity contribution in [2.75, 3.05) is 52.3 Å². The predicted molar refractivity (Wildman–Crippen MR) is 317 cm³/mol. The Hall–Kier alpha value is -5.93. The molecule has 0 aromatic heterocycles. The van der Waals surface area contributed by atoms with Crippen LogP contribution in [0.4, 0.5) is 15.3 Å². The number of carbonyl (C=O) groups is 5. The first kappa shape index (κ1) is 67.2. The number of alkyl carbamates (subject to hydrolysis) is 1. The summed E-state index contributed by atoms with van der Waals surface area (Å²) in [4.78, 5) is 69.0. The average molecular weight is 1230 g/mol. The van der Waals surface area contributed by atoms with Crippen LogP contribution in [0.2, 0.25) is 0 Å². The van der Waals surface area contributed by atoms with Crippen LogP contribution in [0, 0.1) is 17.8 Å². The fourth-order valence-corrected chi connectivity index (χ4v) is 11.5. The molecule has 18 nitrogen and oxygen atoms in total. The standard InChI is InChI=1S/C65H89N5O13.BrH/c1-12-53(72)43(6)59-54(81-59)37-64(8,78)30-17-18-41(4)58-42(5)23-28-55(65(9,79-11)31-29-47(71)36-56(73)83-58)82-63(77)69-32-34-70(10,35-33-69)38-45-24-26-46(27-25-45)67-60(74)44(7)66-61(75)57(40(2)3)68-62(76)80-39-52-50-21-15-13-19-48(50)49-20-14-16-22-51(49)52;/h13-28,30,40,42-44,47,52-55,57-59,71-72,78H,12,29,31-39H2,1-11H3,(H2-,66,67,68,74,75,76);1H/b28-23+,30-17+,41-18+;/t42-,43?,44?,47+,53?,54-,55-,57?,58+,59-,64?,65+;/m0./s1. The number of piperazine rings is 1. The molecule has 2 fully saturated rings. The first-order valence-corrected chi connectivity index (χ1v) is 29.5. The van der Waals surface area contributed by atoms with Gasteiger partial charge < -0.3 is 76.4 Å². The van der Waals surface area contributed by atoms with Gasteiger partial charge in [0.1, 0.15) is 36.9 Å². The second-order valence-electron chi connectivity index (χ2n) is 24.5. The number of benzene rings is 3. The Bertz CT molecular complexity index is 2790. The van der Waals surface area contributed by atoms with Crippen molar-refractivity contribution < 1.29 is 84.4 Å². The fourth-order valence-electron chi connectivity index (χ4n) is 11.5. The highest BCUT2D eigenvalue weighted by molar-refractivity contribution is 5.98. The van der Waals surface area contributed by atoms with Crippen LogP contribution in [0.5, 0.6) is 0 Å². The molecule has 5 unspecified atom stereocenters. The number of hydrogen-bond acceptors (Lipinski definition) is 13. The summed E-state index contributed by atoms with van der Waals surface area (Å²) < 4.78 is 30.5. The van der Waals surface area contributed by atoms with E-state index in [0.717, 1.165) is 27.8 Å². The van der Waals surface area contributed by atoms with E-state index in [4.69, 9.17) is 23.7 Å². The van der Waals surface area contributed by atoms with E-state index in [9.17, 15) is 39.3 Å². The number of aliphatic hydroxyl groups excluding tert-OH is 2. The number of fused-ring (bicyclic) bond motifs is 3. The van der Waals surface area contributed by atoms with Crippen molar-refractivity contribution in [3.05, 3.63) is 125 Å². The molecule has 6 N–H and O–H groups in total. The van der Waals surface area contributed by atoms with Crippen LogP contribution in [0.25, 0.3) is 11.1 Å². The molecule has 2 saturated heterocycles. The van der Waals surface area contributed by atoms with Gasteiger partial charge in [-0.25, -0.2) is 9.59 Å². The lowest BCUT2D eigenvalue weighted by Gasteiger charge is -2.42. The third kappa shape index (κ3) is 17.6. The Morgan fingerprint density at radius 3 is 2.18 bits per heavy atom. The lowest BCUT2D eigenvalue weighted by atomic mass is 9.88. The number of quaternary nitrogens is 1. The third-order valence-electron chi connectivity index (χ3n) is 17.2. The van der Waals surface area contributed by atoms with Gasteiger partial charge in [-0.3, -0.25) is 19.3 Å². The lowest BCUT2D eigenvalue weighted by molar-refractivity contribution is -0.926. The number of nitrogens with one attached hydrogen (secondary N) is 3. The number of epoxide rings is 1. The number of anilines is 1. The number of esters is 1. The van der Waals surface area contributed by atoms with Gasteiger partial charge in [0, 0.05) is 42.5 Å². The topological polar surface area (TPSA) is 235 Å². The maximum atomic E-state index is 14.1. The molecule has 1 aliphatic carbocycles. The molecule has 3 aliphatic heterocycles. The second-order valence-corrected chi connectivity index (χ2v) is 24.5. The summed E-state index contributed by atoms with van der Waals surface area (Å²) in [6.07, 6.45) is 5.44. The Labute approximate surface area is 506 Å². The number of hydrogen-bond donors (Lipinski definition) is 6. The first-order valence-electron chi connectivity index (χ1n) is 29.5. The monoisotopic (exact) mass is 1230 g/mol. The summed E-state index contributed by atoms with van der Waals surface area (Å²) in [5.74, 6) is -2.36. The number of rotatable bonds is 20. The number of halogens is 1. The molecular weight excluding hydrogens is 1140 g/mol. The number of amides is 4. The van der Waals surface area contributed by atoms with E-state index in [1.165, 1.54) is 7.11 Å². The van der Waals surface area contributed by atoms with Crippen LogP contribution < -0.4 is 32.9 Å². The maximum Gasteiger partial charge on any atom is 0.410 e. The average Bonchev–Trinajstić information content (AvgIpc) is 3.67. The Morgan fingerprint density at radius 2 is 1.57 bits per heavy atom. The van der Waals surface area contributed by atoms with E-state index < -0.39 is 83.6 Å². The zero-order valence-corrected chi connectivity index (χ0v) is 52.3. The van der Waals surface area contributed by atoms with E-state index in [1.807, 2.05) is 115 Å². The van der Waals surface area contributed by atoms with Crippen LogP contribution >= 0.6 is 0 Å².